The second-order valence-corrected chi connectivity index (χ2v) is 18.4. The predicted molar refractivity (Wildman–Crippen MR) is 262 cm³/mol. The largest absolute Gasteiger partial charge is 0.490 e. The quantitative estimate of drug-likeness (QED) is 0.0613. The fourth-order valence-electron chi connectivity index (χ4n) is 8.45. The van der Waals surface area contributed by atoms with Gasteiger partial charge < -0.3 is 14.2 Å². The van der Waals surface area contributed by atoms with Crippen LogP contribution in [0.4, 0.5) is 0 Å². The van der Waals surface area contributed by atoms with E-state index in [0.29, 0.717) is 0 Å². The molecule has 0 atom stereocenters. The number of hydrogen-bond acceptors (Lipinski definition) is 4. The maximum atomic E-state index is 6.89. The van der Waals surface area contributed by atoms with E-state index in [1.165, 1.54) is 230 Å². The van der Waals surface area contributed by atoms with Gasteiger partial charge in [-0.25, -0.2) is 0 Å². The van der Waals surface area contributed by atoms with E-state index in [1.807, 2.05) is 0 Å². The Balaban J connectivity index is 3.05. The second kappa shape index (κ2) is 44.6. The molecule has 0 fully saturated rings. The van der Waals surface area contributed by atoms with Gasteiger partial charge in [0.1, 0.15) is 0 Å². The molecule has 0 N–H and O–H groups in total. The van der Waals surface area contributed by atoms with Gasteiger partial charge >= 0.3 is 0 Å². The van der Waals surface area contributed by atoms with Gasteiger partial charge in [0.25, 0.3) is 0 Å². The van der Waals surface area contributed by atoms with Crippen molar-refractivity contribution in [1.29, 1.82) is 0 Å². The van der Waals surface area contributed by atoms with Crippen LogP contribution >= 0.6 is 0 Å². The summed E-state index contributed by atoms with van der Waals surface area (Å²) in [6.07, 6.45) is 50.5. The zero-order chi connectivity index (χ0) is 42.5. The Morgan fingerprint density at radius 1 is 0.305 bits per heavy atom. The van der Waals surface area contributed by atoms with E-state index in [1.54, 1.807) is 0 Å². The highest BCUT2D eigenvalue weighted by Gasteiger charge is 2.20. The van der Waals surface area contributed by atoms with Gasteiger partial charge in [-0.3, -0.25) is 4.90 Å². The summed E-state index contributed by atoms with van der Waals surface area (Å²) < 4.78 is 20.3. The van der Waals surface area contributed by atoms with Crippen LogP contribution in [0.1, 0.15) is 284 Å². The van der Waals surface area contributed by atoms with Crippen LogP contribution in [0.3, 0.4) is 0 Å². The summed E-state index contributed by atoms with van der Waals surface area (Å²) in [7, 11) is 0. The summed E-state index contributed by atoms with van der Waals surface area (Å²) in [6.45, 7) is 17.1. The molecule has 1 rings (SSSR count). The number of nitrogens with zero attached hydrogens (tertiary/aromatic N) is 1. The minimum Gasteiger partial charge on any atom is -0.490 e. The fourth-order valence-corrected chi connectivity index (χ4v) is 8.45. The first-order chi connectivity index (χ1) is 29.2. The SMILES string of the molecule is CCCCCCCCCCCCOc1ccc(CN(CCCCCC)CCCCCC)c(OCCCCCCCCCCCC)c1OCCCCCCCCCCCC. The molecule has 0 amide bonds. The van der Waals surface area contributed by atoms with Crippen molar-refractivity contribution < 1.29 is 14.2 Å². The van der Waals surface area contributed by atoms with Crippen molar-refractivity contribution in [2.45, 2.75) is 285 Å². The highest BCUT2D eigenvalue weighted by molar-refractivity contribution is 5.56. The summed E-state index contributed by atoms with van der Waals surface area (Å²) >= 11 is 0. The summed E-state index contributed by atoms with van der Waals surface area (Å²) in [5, 5.41) is 0. The summed E-state index contributed by atoms with van der Waals surface area (Å²) in [5.41, 5.74) is 1.28. The molecule has 0 aliphatic carbocycles. The average molecular weight is 828 g/mol. The molecule has 0 spiro atoms. The van der Waals surface area contributed by atoms with Gasteiger partial charge in [0.2, 0.25) is 5.75 Å². The number of benzene rings is 1. The predicted octanol–water partition coefficient (Wildman–Crippen LogP) is 18.5. The highest BCUT2D eigenvalue weighted by Crippen LogP contribution is 2.42. The van der Waals surface area contributed by atoms with Gasteiger partial charge in [0.05, 0.1) is 19.8 Å². The highest BCUT2D eigenvalue weighted by atomic mass is 16.5. The van der Waals surface area contributed by atoms with E-state index >= 15 is 0 Å². The van der Waals surface area contributed by atoms with E-state index in [2.05, 4.69) is 51.7 Å². The molecule has 1 aromatic carbocycles. The van der Waals surface area contributed by atoms with Gasteiger partial charge in [-0.2, -0.15) is 0 Å². The Morgan fingerprint density at radius 2 is 0.593 bits per heavy atom. The summed E-state index contributed by atoms with van der Waals surface area (Å²) in [4.78, 5) is 2.71. The van der Waals surface area contributed by atoms with Gasteiger partial charge in [0.15, 0.2) is 11.5 Å². The van der Waals surface area contributed by atoms with E-state index < -0.39 is 0 Å². The smallest absolute Gasteiger partial charge is 0.203 e. The third kappa shape index (κ3) is 33.8. The van der Waals surface area contributed by atoms with Crippen molar-refractivity contribution in [3.8, 4) is 17.2 Å². The molecule has 1 aromatic rings. The van der Waals surface area contributed by atoms with E-state index in [-0.39, 0.29) is 0 Å². The molecule has 0 aliphatic rings. The monoisotopic (exact) mass is 828 g/mol. The molecule has 0 aliphatic heterocycles. The zero-order valence-electron chi connectivity index (χ0n) is 40.9. The lowest BCUT2D eigenvalue weighted by Crippen LogP contribution is -2.26. The number of ether oxygens (including phenoxy) is 3. The number of unbranched alkanes of at least 4 members (excludes halogenated alkanes) is 33. The molecular formula is C55H105NO3. The molecule has 0 saturated heterocycles. The summed E-state index contributed by atoms with van der Waals surface area (Å²) in [5.74, 6) is 2.75. The average Bonchev–Trinajstić information content (AvgIpc) is 3.24. The molecule has 0 heterocycles. The lowest BCUT2D eigenvalue weighted by Gasteiger charge is -2.26. The third-order valence-corrected chi connectivity index (χ3v) is 12.5. The van der Waals surface area contributed by atoms with Crippen molar-refractivity contribution in [2.75, 3.05) is 32.9 Å². The number of rotatable bonds is 48. The molecule has 4 heteroatoms. The molecule has 0 unspecified atom stereocenters. The molecule has 0 aromatic heterocycles. The molecule has 59 heavy (non-hydrogen) atoms. The van der Waals surface area contributed by atoms with Crippen LogP contribution in [-0.4, -0.2) is 37.8 Å². The van der Waals surface area contributed by atoms with Crippen LogP contribution in [0.2, 0.25) is 0 Å². The Hall–Kier alpha value is -1.42. The van der Waals surface area contributed by atoms with Crippen LogP contribution in [-0.2, 0) is 6.54 Å². The minimum atomic E-state index is 0.737. The molecule has 0 radical (unpaired) electrons. The lowest BCUT2D eigenvalue weighted by molar-refractivity contribution is 0.222. The molecule has 0 saturated carbocycles. The van der Waals surface area contributed by atoms with E-state index in [4.69, 9.17) is 14.2 Å². The van der Waals surface area contributed by atoms with Crippen LogP contribution in [0.15, 0.2) is 12.1 Å². The van der Waals surface area contributed by atoms with E-state index in [0.717, 1.165) is 76.0 Å². The van der Waals surface area contributed by atoms with Gasteiger partial charge in [-0.1, -0.05) is 253 Å². The Bertz CT molecular complexity index is 969. The van der Waals surface area contributed by atoms with Gasteiger partial charge in [-0.05, 0) is 51.3 Å². The first-order valence-corrected chi connectivity index (χ1v) is 27.0. The Morgan fingerprint density at radius 3 is 0.949 bits per heavy atom. The van der Waals surface area contributed by atoms with Gasteiger partial charge in [-0.15, -0.1) is 0 Å². The minimum absolute atomic E-state index is 0.737. The van der Waals surface area contributed by atoms with E-state index in [9.17, 15) is 0 Å². The van der Waals surface area contributed by atoms with Crippen LogP contribution in [0.5, 0.6) is 17.2 Å². The molecule has 348 valence electrons. The first-order valence-electron chi connectivity index (χ1n) is 27.0. The topological polar surface area (TPSA) is 30.9 Å². The molecule has 4 nitrogen and oxygen atoms in total. The third-order valence-electron chi connectivity index (χ3n) is 12.5. The van der Waals surface area contributed by atoms with Crippen molar-refractivity contribution in [3.05, 3.63) is 17.7 Å². The van der Waals surface area contributed by atoms with Crippen LogP contribution < -0.4 is 14.2 Å². The number of hydrogen-bond donors (Lipinski definition) is 0. The van der Waals surface area contributed by atoms with Crippen molar-refractivity contribution in [1.82, 2.24) is 4.90 Å². The molecular weight excluding hydrogens is 723 g/mol. The standard InChI is InChI=1S/C55H105NO3/c1-6-11-16-21-24-27-30-33-36-41-48-57-53-45-44-52(51-56(46-39-19-14-9-4)47-40-20-15-10-5)54(58-49-42-37-34-31-28-25-22-17-12-7-2)55(53)59-50-43-38-35-32-29-26-23-18-13-8-3/h44-45H,6-43,46-51H2,1-5H3. The summed E-state index contributed by atoms with van der Waals surface area (Å²) in [6, 6.07) is 4.54. The molecule has 0 bridgehead atoms. The van der Waals surface area contributed by atoms with Crippen molar-refractivity contribution in [3.63, 3.8) is 0 Å². The Kier molecular flexibility index (Phi) is 42.1. The lowest BCUT2D eigenvalue weighted by atomic mass is 10.1. The second-order valence-electron chi connectivity index (χ2n) is 18.4. The Labute approximate surface area is 370 Å². The van der Waals surface area contributed by atoms with Crippen molar-refractivity contribution in [2.24, 2.45) is 0 Å². The van der Waals surface area contributed by atoms with Crippen LogP contribution in [0, 0.1) is 0 Å². The normalized spacial score (nSPS) is 11.6. The zero-order valence-corrected chi connectivity index (χ0v) is 40.9. The maximum Gasteiger partial charge on any atom is 0.203 e. The fraction of sp³-hybridized carbons (Fsp3) is 0.891. The van der Waals surface area contributed by atoms with Gasteiger partial charge in [0, 0.05) is 12.1 Å². The van der Waals surface area contributed by atoms with Crippen molar-refractivity contribution >= 4 is 0 Å². The first kappa shape index (κ1) is 55.6. The van der Waals surface area contributed by atoms with Crippen LogP contribution in [0.25, 0.3) is 0 Å². The maximum absolute atomic E-state index is 6.89.